The van der Waals surface area contributed by atoms with Gasteiger partial charge in [0.05, 0.1) is 5.25 Å². The highest BCUT2D eigenvalue weighted by Crippen LogP contribution is 2.66. The van der Waals surface area contributed by atoms with E-state index in [1.165, 1.54) is 0 Å². The quantitative estimate of drug-likeness (QED) is 0.468. The number of hydrogen-bond donors (Lipinski definition) is 2. The molecule has 0 aromatic heterocycles. The maximum Gasteiger partial charge on any atom is 0.308 e. The molecule has 16 heavy (non-hydrogen) atoms. The number of hydrogen-bond acceptors (Lipinski definition) is 4. The van der Waals surface area contributed by atoms with E-state index < -0.39 is 18.0 Å². The lowest BCUT2D eigenvalue weighted by Gasteiger charge is -2.36. The van der Waals surface area contributed by atoms with Gasteiger partial charge >= 0.3 is 5.77 Å². The highest BCUT2D eigenvalue weighted by Gasteiger charge is 2.57. The van der Waals surface area contributed by atoms with Crippen molar-refractivity contribution in [2.75, 3.05) is 12.4 Å². The minimum Gasteiger partial charge on any atom is -0.376 e. The highest BCUT2D eigenvalue weighted by atomic mass is 33.1. The second-order valence-electron chi connectivity index (χ2n) is 4.12. The summed E-state index contributed by atoms with van der Waals surface area (Å²) >= 11 is 6.24. The van der Waals surface area contributed by atoms with Gasteiger partial charge in [-0.25, -0.2) is 4.39 Å². The first kappa shape index (κ1) is 13.6. The first-order valence-corrected chi connectivity index (χ1v) is 10.3. The topological polar surface area (TPSA) is 46.5 Å². The van der Waals surface area contributed by atoms with Crippen LogP contribution in [0.2, 0.25) is 0 Å². The van der Waals surface area contributed by atoms with Crippen molar-refractivity contribution in [3.63, 3.8) is 0 Å². The van der Waals surface area contributed by atoms with Crippen molar-refractivity contribution in [1.82, 2.24) is 0 Å². The van der Waals surface area contributed by atoms with E-state index in [1.807, 2.05) is 7.85 Å². The predicted molar refractivity (Wildman–Crippen MR) is 73.2 cm³/mol. The van der Waals surface area contributed by atoms with Gasteiger partial charge in [-0.1, -0.05) is 23.6 Å². The van der Waals surface area contributed by atoms with Gasteiger partial charge in [0, 0.05) is 11.3 Å². The average Bonchev–Trinajstić information content (AvgIpc) is 2.33. The molecule has 1 N–H and O–H groups in total. The SMILES string of the molecule is B[C@@H]1O[C@@]2(CF)CCS[C@H]1C2SP(=O)(O)S. The lowest BCUT2D eigenvalue weighted by Crippen LogP contribution is -2.45. The van der Waals surface area contributed by atoms with Crippen LogP contribution in [0.3, 0.4) is 0 Å². The zero-order chi connectivity index (χ0) is 12.0. The number of thioether (sulfide) groups is 1. The van der Waals surface area contributed by atoms with E-state index in [1.54, 1.807) is 11.8 Å². The summed E-state index contributed by atoms with van der Waals surface area (Å²) in [6.07, 6.45) is 0.598. The molecule has 2 unspecified atom stereocenters. The Hall–Kier alpha value is 1.19. The van der Waals surface area contributed by atoms with Crippen LogP contribution in [0.1, 0.15) is 6.42 Å². The summed E-state index contributed by atoms with van der Waals surface area (Å²) in [5, 5.41) is -0.193. The van der Waals surface area contributed by atoms with E-state index in [-0.39, 0.29) is 16.5 Å². The zero-order valence-electron chi connectivity index (χ0n) is 8.71. The van der Waals surface area contributed by atoms with Gasteiger partial charge in [0.2, 0.25) is 0 Å². The van der Waals surface area contributed by atoms with Crippen molar-refractivity contribution in [3.05, 3.63) is 0 Å². The molecule has 2 aliphatic heterocycles. The Morgan fingerprint density at radius 1 is 1.81 bits per heavy atom. The molecule has 0 spiro atoms. The summed E-state index contributed by atoms with van der Waals surface area (Å²) in [7, 11) is 1.90. The summed E-state index contributed by atoms with van der Waals surface area (Å²) in [5.41, 5.74) is -0.874. The molecular formula is C7H13BFO3PS3. The monoisotopic (exact) mass is 302 g/mol. The van der Waals surface area contributed by atoms with Crippen LogP contribution < -0.4 is 0 Å². The standard InChI is InChI=1S/C7H13BFO3PS3/c8-6-4-5(16-13(10,11)14)7(3-9,12-6)1-2-15-4/h4-6H,1-3,8H2,(H2,10,11,14)/t4-,5?,6+,7+/m0/s1. The van der Waals surface area contributed by atoms with Crippen LogP contribution in [0.25, 0.3) is 0 Å². The van der Waals surface area contributed by atoms with E-state index in [4.69, 9.17) is 4.74 Å². The molecule has 0 radical (unpaired) electrons. The van der Waals surface area contributed by atoms with E-state index in [0.29, 0.717) is 6.42 Å². The number of rotatable bonds is 3. The van der Waals surface area contributed by atoms with Gasteiger partial charge in [-0.05, 0) is 12.2 Å². The Morgan fingerprint density at radius 2 is 2.50 bits per heavy atom. The Morgan fingerprint density at radius 3 is 3.06 bits per heavy atom. The van der Waals surface area contributed by atoms with Gasteiger partial charge in [-0.3, -0.25) is 4.57 Å². The van der Waals surface area contributed by atoms with Crippen molar-refractivity contribution in [3.8, 4) is 0 Å². The zero-order valence-corrected chi connectivity index (χ0v) is 12.1. The third-order valence-electron chi connectivity index (χ3n) is 3.01. The molecule has 0 aromatic carbocycles. The van der Waals surface area contributed by atoms with Crippen LogP contribution in [-0.2, 0) is 9.30 Å². The number of halogens is 1. The number of alkyl halides is 1. The minimum absolute atomic E-state index is 0.0689. The molecule has 5 atom stereocenters. The summed E-state index contributed by atoms with van der Waals surface area (Å²) in [5.74, 6) is -2.65. The molecule has 92 valence electrons. The summed E-state index contributed by atoms with van der Waals surface area (Å²) in [6, 6.07) is -0.0689. The molecule has 9 heteroatoms. The minimum atomic E-state index is -3.50. The van der Waals surface area contributed by atoms with E-state index >= 15 is 0 Å². The van der Waals surface area contributed by atoms with Crippen LogP contribution in [0, 0.1) is 0 Å². The molecule has 2 aliphatic rings. The first-order chi connectivity index (χ1) is 7.38. The molecule has 0 aromatic rings. The average molecular weight is 302 g/mol. The van der Waals surface area contributed by atoms with Gasteiger partial charge in [0.25, 0.3) is 0 Å². The lowest BCUT2D eigenvalue weighted by molar-refractivity contribution is -0.0268. The van der Waals surface area contributed by atoms with Crippen LogP contribution >= 0.6 is 41.2 Å². The maximum absolute atomic E-state index is 13.2. The molecule has 2 rings (SSSR count). The molecule has 0 aliphatic carbocycles. The molecular weight excluding hydrogens is 289 g/mol. The van der Waals surface area contributed by atoms with Crippen LogP contribution in [0.5, 0.6) is 0 Å². The van der Waals surface area contributed by atoms with E-state index in [2.05, 4.69) is 12.2 Å². The summed E-state index contributed by atoms with van der Waals surface area (Å²) in [4.78, 5) is 9.32. The van der Waals surface area contributed by atoms with Gasteiger partial charge in [-0.2, -0.15) is 11.8 Å². The molecule has 0 saturated carbocycles. The maximum atomic E-state index is 13.2. The smallest absolute Gasteiger partial charge is 0.308 e. The molecule has 2 saturated heterocycles. The normalized spacial score (nSPS) is 46.6. The fourth-order valence-electron chi connectivity index (χ4n) is 2.32. The lowest BCUT2D eigenvalue weighted by atomic mass is 9.92. The fraction of sp³-hybridized carbons (Fsp3) is 1.00. The van der Waals surface area contributed by atoms with Gasteiger partial charge in [-0.15, -0.1) is 0 Å². The van der Waals surface area contributed by atoms with Gasteiger partial charge in [0.15, 0.2) is 0 Å². The van der Waals surface area contributed by atoms with Crippen LogP contribution in [0.15, 0.2) is 0 Å². The Kier molecular flexibility index (Phi) is 4.00. The number of thiol groups is 1. The molecule has 0 amide bonds. The molecule has 2 heterocycles. The third-order valence-corrected chi connectivity index (χ3v) is 8.24. The Balaban J connectivity index is 2.24. The van der Waals surface area contributed by atoms with E-state index in [9.17, 15) is 13.8 Å². The second-order valence-corrected chi connectivity index (χ2v) is 11.7. The van der Waals surface area contributed by atoms with Gasteiger partial charge < -0.3 is 9.63 Å². The van der Waals surface area contributed by atoms with Crippen molar-refractivity contribution in [2.24, 2.45) is 0 Å². The fourth-order valence-corrected chi connectivity index (χ4v) is 8.29. The van der Waals surface area contributed by atoms with Crippen molar-refractivity contribution < 1.29 is 18.6 Å². The highest BCUT2D eigenvalue weighted by molar-refractivity contribution is 8.84. The first-order valence-electron chi connectivity index (χ1n) is 4.97. The van der Waals surface area contributed by atoms with Crippen molar-refractivity contribution >= 4 is 49.0 Å². The predicted octanol–water partition coefficient (Wildman–Crippen LogP) is 1.32. The van der Waals surface area contributed by atoms with Crippen molar-refractivity contribution in [2.45, 2.75) is 28.5 Å². The van der Waals surface area contributed by atoms with E-state index in [0.717, 1.165) is 17.1 Å². The second kappa shape index (κ2) is 4.70. The molecule has 2 fully saturated rings. The largest absolute Gasteiger partial charge is 0.376 e. The Labute approximate surface area is 108 Å². The Bertz CT molecular complexity index is 330. The summed E-state index contributed by atoms with van der Waals surface area (Å²) in [6.45, 7) is -0.597. The van der Waals surface area contributed by atoms with Crippen LogP contribution in [0.4, 0.5) is 4.39 Å². The summed E-state index contributed by atoms with van der Waals surface area (Å²) < 4.78 is 30.3. The molecule has 2 bridgehead atoms. The molecule has 3 nitrogen and oxygen atoms in total. The van der Waals surface area contributed by atoms with Crippen LogP contribution in [-0.4, -0.2) is 47.3 Å². The van der Waals surface area contributed by atoms with Crippen molar-refractivity contribution in [1.29, 1.82) is 0 Å². The third kappa shape index (κ3) is 2.47. The number of fused-ring (bicyclic) bond motifs is 2. The number of ether oxygens (including phenoxy) is 1. The van der Waals surface area contributed by atoms with Gasteiger partial charge in [0.1, 0.15) is 20.1 Å².